The van der Waals surface area contributed by atoms with E-state index in [1.54, 1.807) is 10.9 Å². The van der Waals surface area contributed by atoms with Crippen molar-refractivity contribution in [3.05, 3.63) is 36.7 Å². The van der Waals surface area contributed by atoms with Crippen LogP contribution in [0.3, 0.4) is 0 Å². The number of hydrogen-bond donors (Lipinski definition) is 0. The van der Waals surface area contributed by atoms with E-state index < -0.39 is 0 Å². The Morgan fingerprint density at radius 3 is 2.80 bits per heavy atom. The molecule has 0 saturated heterocycles. The minimum atomic E-state index is 0.607. The van der Waals surface area contributed by atoms with Crippen molar-refractivity contribution in [3.8, 4) is 17.2 Å². The highest BCUT2D eigenvalue weighted by Crippen LogP contribution is 2.31. The van der Waals surface area contributed by atoms with Crippen LogP contribution in [0.25, 0.3) is 5.69 Å². The predicted octanol–water partition coefficient (Wildman–Crippen LogP) is 1.64. The van der Waals surface area contributed by atoms with Crippen molar-refractivity contribution in [3.63, 3.8) is 0 Å². The Morgan fingerprint density at radius 2 is 2.00 bits per heavy atom. The van der Waals surface area contributed by atoms with Gasteiger partial charge >= 0.3 is 0 Å². The standard InChI is InChI=1S/C11H10N2O2/c1-4-12-13(5-1)9-2-3-10-11(8-9)15-7-6-14-10/h1-5,8H,6-7H2. The molecule has 0 saturated carbocycles. The second-order valence-electron chi connectivity index (χ2n) is 3.28. The molecule has 0 aliphatic carbocycles. The third-order valence-electron chi connectivity index (χ3n) is 2.29. The fraction of sp³-hybridized carbons (Fsp3) is 0.182. The Hall–Kier alpha value is -1.97. The van der Waals surface area contributed by atoms with Crippen LogP contribution in [0, 0.1) is 0 Å². The maximum Gasteiger partial charge on any atom is 0.163 e. The zero-order chi connectivity index (χ0) is 10.1. The van der Waals surface area contributed by atoms with Crippen molar-refractivity contribution in [2.45, 2.75) is 0 Å². The summed E-state index contributed by atoms with van der Waals surface area (Å²) in [7, 11) is 0. The highest BCUT2D eigenvalue weighted by molar-refractivity contribution is 5.49. The topological polar surface area (TPSA) is 36.3 Å². The van der Waals surface area contributed by atoms with Gasteiger partial charge in [0, 0.05) is 18.5 Å². The van der Waals surface area contributed by atoms with Gasteiger partial charge in [-0.1, -0.05) is 0 Å². The van der Waals surface area contributed by atoms with Gasteiger partial charge < -0.3 is 9.47 Å². The van der Waals surface area contributed by atoms with Gasteiger partial charge in [0.1, 0.15) is 13.2 Å². The molecule has 76 valence electrons. The fourth-order valence-corrected chi connectivity index (χ4v) is 1.60. The molecule has 15 heavy (non-hydrogen) atoms. The van der Waals surface area contributed by atoms with Crippen LogP contribution in [-0.4, -0.2) is 23.0 Å². The first-order valence-electron chi connectivity index (χ1n) is 4.83. The molecule has 1 aromatic heterocycles. The lowest BCUT2D eigenvalue weighted by atomic mass is 10.2. The van der Waals surface area contributed by atoms with Gasteiger partial charge in [0.05, 0.1) is 5.69 Å². The third-order valence-corrected chi connectivity index (χ3v) is 2.29. The van der Waals surface area contributed by atoms with Crippen LogP contribution in [0.5, 0.6) is 11.5 Å². The molecule has 0 amide bonds. The highest BCUT2D eigenvalue weighted by Gasteiger charge is 2.11. The largest absolute Gasteiger partial charge is 0.486 e. The summed E-state index contributed by atoms with van der Waals surface area (Å²) in [6.07, 6.45) is 3.64. The predicted molar refractivity (Wildman–Crippen MR) is 54.6 cm³/mol. The van der Waals surface area contributed by atoms with Gasteiger partial charge in [-0.3, -0.25) is 0 Å². The Balaban J connectivity index is 2.04. The van der Waals surface area contributed by atoms with E-state index in [0.717, 1.165) is 17.2 Å². The molecule has 4 heteroatoms. The van der Waals surface area contributed by atoms with Gasteiger partial charge in [-0.25, -0.2) is 4.68 Å². The van der Waals surface area contributed by atoms with Crippen LogP contribution >= 0.6 is 0 Å². The second kappa shape index (κ2) is 3.31. The maximum atomic E-state index is 5.50. The second-order valence-corrected chi connectivity index (χ2v) is 3.28. The smallest absolute Gasteiger partial charge is 0.163 e. The van der Waals surface area contributed by atoms with Crippen molar-refractivity contribution in [1.82, 2.24) is 9.78 Å². The minimum Gasteiger partial charge on any atom is -0.486 e. The Labute approximate surface area is 87.0 Å². The number of benzene rings is 1. The van der Waals surface area contributed by atoms with E-state index in [9.17, 15) is 0 Å². The van der Waals surface area contributed by atoms with Crippen LogP contribution < -0.4 is 9.47 Å². The van der Waals surface area contributed by atoms with Gasteiger partial charge in [-0.2, -0.15) is 5.10 Å². The number of aromatic nitrogens is 2. The lowest BCUT2D eigenvalue weighted by Gasteiger charge is -2.18. The summed E-state index contributed by atoms with van der Waals surface area (Å²) in [6.45, 7) is 1.23. The van der Waals surface area contributed by atoms with Crippen molar-refractivity contribution >= 4 is 0 Å². The zero-order valence-corrected chi connectivity index (χ0v) is 8.09. The van der Waals surface area contributed by atoms with Crippen LogP contribution in [0.4, 0.5) is 0 Å². The summed E-state index contributed by atoms with van der Waals surface area (Å²) in [5.41, 5.74) is 0.976. The molecule has 0 bridgehead atoms. The average Bonchev–Trinajstić information content (AvgIpc) is 2.82. The van der Waals surface area contributed by atoms with Crippen molar-refractivity contribution in [2.75, 3.05) is 13.2 Å². The zero-order valence-electron chi connectivity index (χ0n) is 8.09. The van der Waals surface area contributed by atoms with E-state index in [2.05, 4.69) is 5.10 Å². The van der Waals surface area contributed by atoms with E-state index >= 15 is 0 Å². The summed E-state index contributed by atoms with van der Waals surface area (Å²) < 4.78 is 12.7. The van der Waals surface area contributed by atoms with Crippen LogP contribution in [0.2, 0.25) is 0 Å². The molecule has 0 fully saturated rings. The molecule has 1 aliphatic rings. The van der Waals surface area contributed by atoms with Crippen LogP contribution in [-0.2, 0) is 0 Å². The first-order chi connectivity index (χ1) is 7.43. The third kappa shape index (κ3) is 1.44. The minimum absolute atomic E-state index is 0.607. The van der Waals surface area contributed by atoms with E-state index in [1.165, 1.54) is 0 Å². The van der Waals surface area contributed by atoms with E-state index in [-0.39, 0.29) is 0 Å². The van der Waals surface area contributed by atoms with E-state index in [1.807, 2.05) is 30.5 Å². The van der Waals surface area contributed by atoms with Gasteiger partial charge in [0.25, 0.3) is 0 Å². The first kappa shape index (κ1) is 8.35. The number of nitrogens with zero attached hydrogens (tertiary/aromatic N) is 2. The molecule has 0 unspecified atom stereocenters. The number of fused-ring (bicyclic) bond motifs is 1. The first-order valence-corrected chi connectivity index (χ1v) is 4.83. The quantitative estimate of drug-likeness (QED) is 0.705. The van der Waals surface area contributed by atoms with E-state index in [0.29, 0.717) is 13.2 Å². The fourth-order valence-electron chi connectivity index (χ4n) is 1.60. The number of ether oxygens (including phenoxy) is 2. The Morgan fingerprint density at radius 1 is 1.13 bits per heavy atom. The van der Waals surface area contributed by atoms with Crippen molar-refractivity contribution < 1.29 is 9.47 Å². The molecule has 0 spiro atoms. The Kier molecular flexibility index (Phi) is 1.84. The van der Waals surface area contributed by atoms with Crippen molar-refractivity contribution in [1.29, 1.82) is 0 Å². The normalized spacial score (nSPS) is 13.9. The van der Waals surface area contributed by atoms with Gasteiger partial charge in [-0.15, -0.1) is 0 Å². The summed E-state index contributed by atoms with van der Waals surface area (Å²) in [4.78, 5) is 0. The molecule has 0 N–H and O–H groups in total. The van der Waals surface area contributed by atoms with Crippen molar-refractivity contribution in [2.24, 2.45) is 0 Å². The SMILES string of the molecule is c1cnn(-c2ccc3c(c2)OCCO3)c1. The molecule has 0 radical (unpaired) electrons. The molecule has 0 atom stereocenters. The lowest BCUT2D eigenvalue weighted by Crippen LogP contribution is -2.15. The van der Waals surface area contributed by atoms with E-state index in [4.69, 9.17) is 9.47 Å². The molecule has 1 aliphatic heterocycles. The van der Waals surface area contributed by atoms with Gasteiger partial charge in [-0.05, 0) is 18.2 Å². The molecular weight excluding hydrogens is 192 g/mol. The van der Waals surface area contributed by atoms with Gasteiger partial charge in [0.15, 0.2) is 11.5 Å². The highest BCUT2D eigenvalue weighted by atomic mass is 16.6. The lowest BCUT2D eigenvalue weighted by molar-refractivity contribution is 0.171. The van der Waals surface area contributed by atoms with Gasteiger partial charge in [0.2, 0.25) is 0 Å². The summed E-state index contributed by atoms with van der Waals surface area (Å²) in [6, 6.07) is 7.68. The molecule has 2 aromatic rings. The summed E-state index contributed by atoms with van der Waals surface area (Å²) >= 11 is 0. The summed E-state index contributed by atoms with van der Waals surface area (Å²) in [5.74, 6) is 1.59. The average molecular weight is 202 g/mol. The monoisotopic (exact) mass is 202 g/mol. The Bertz CT molecular complexity index is 465. The maximum absolute atomic E-state index is 5.50. The molecule has 2 heterocycles. The molecule has 4 nitrogen and oxygen atoms in total. The number of rotatable bonds is 1. The number of hydrogen-bond acceptors (Lipinski definition) is 3. The van der Waals surface area contributed by atoms with Crippen LogP contribution in [0.1, 0.15) is 0 Å². The van der Waals surface area contributed by atoms with Crippen LogP contribution in [0.15, 0.2) is 36.7 Å². The molecular formula is C11H10N2O2. The molecule has 1 aromatic carbocycles. The molecule has 3 rings (SSSR count). The summed E-state index contributed by atoms with van der Waals surface area (Å²) in [5, 5.41) is 4.16.